The zero-order chi connectivity index (χ0) is 67.9. The smallest absolute Gasteiger partial charge is 0.326 e. The monoisotopic (exact) mass is 1270 g/mol. The first kappa shape index (κ1) is 76.8. The molecule has 0 unspecified atom stereocenters. The van der Waals surface area contributed by atoms with Gasteiger partial charge in [-0.05, 0) is 111 Å². The van der Waals surface area contributed by atoms with E-state index in [9.17, 15) is 68.1 Å². The molecule has 26 heteroatoms. The average molecular weight is 1270 g/mol. The summed E-state index contributed by atoms with van der Waals surface area (Å²) in [5.74, 6) is -12.1. The topological polar surface area (TPSA) is 435 Å². The summed E-state index contributed by atoms with van der Waals surface area (Å²) < 4.78 is 0. The van der Waals surface area contributed by atoms with Crippen LogP contribution < -0.4 is 65.1 Å². The van der Waals surface area contributed by atoms with E-state index in [1.807, 2.05) is 0 Å². The van der Waals surface area contributed by atoms with E-state index in [1.165, 1.54) is 12.1 Å². The first-order chi connectivity index (χ1) is 43.0. The molecule has 10 atom stereocenters. The highest BCUT2D eigenvalue weighted by molar-refractivity contribution is 5.99. The molecule has 3 aromatic carbocycles. The predicted octanol–water partition coefficient (Wildman–Crippen LogP) is 1.33. The van der Waals surface area contributed by atoms with Crippen LogP contribution in [0.5, 0.6) is 5.75 Å². The van der Waals surface area contributed by atoms with E-state index in [1.54, 1.807) is 128 Å². The summed E-state index contributed by atoms with van der Waals surface area (Å²) in [6, 6.07) is 9.23. The van der Waals surface area contributed by atoms with Crippen LogP contribution in [0.3, 0.4) is 0 Å². The number of aromatic hydroxyl groups is 1. The Bertz CT molecular complexity index is 2840. The van der Waals surface area contributed by atoms with E-state index in [2.05, 4.69) is 47.9 Å². The minimum atomic E-state index is -1.86. The van der Waals surface area contributed by atoms with E-state index in [0.29, 0.717) is 61.9 Å². The van der Waals surface area contributed by atoms with Gasteiger partial charge in [0.25, 0.3) is 0 Å². The van der Waals surface area contributed by atoms with Crippen molar-refractivity contribution in [2.75, 3.05) is 13.1 Å². The number of phenolic OH excluding ortho intramolecular Hbond substituents is 1. The van der Waals surface area contributed by atoms with Gasteiger partial charge in [-0.3, -0.25) is 47.9 Å². The molecule has 0 aliphatic carbocycles. The van der Waals surface area contributed by atoms with E-state index >= 15 is 0 Å². The van der Waals surface area contributed by atoms with Gasteiger partial charge in [-0.1, -0.05) is 135 Å². The highest BCUT2D eigenvalue weighted by Crippen LogP contribution is 2.17. The Labute approximate surface area is 533 Å². The number of hydrogen-bond donors (Lipinski definition) is 15. The lowest BCUT2D eigenvalue weighted by molar-refractivity contribution is -0.143. The van der Waals surface area contributed by atoms with Crippen molar-refractivity contribution < 1.29 is 68.1 Å². The van der Waals surface area contributed by atoms with Crippen LogP contribution in [0.15, 0.2) is 84.9 Å². The van der Waals surface area contributed by atoms with Gasteiger partial charge in [0.1, 0.15) is 60.1 Å². The number of benzene rings is 3. The van der Waals surface area contributed by atoms with Gasteiger partial charge < -0.3 is 80.4 Å². The molecule has 9 amide bonds. The minimum Gasteiger partial charge on any atom is -0.508 e. The summed E-state index contributed by atoms with van der Waals surface area (Å²) in [6.45, 7) is 14.2. The maximum atomic E-state index is 14.9. The van der Waals surface area contributed by atoms with Crippen molar-refractivity contribution >= 4 is 65.1 Å². The summed E-state index contributed by atoms with van der Waals surface area (Å²) in [7, 11) is 0. The van der Waals surface area contributed by atoms with Gasteiger partial charge in [0, 0.05) is 19.3 Å². The van der Waals surface area contributed by atoms with Crippen molar-refractivity contribution in [1.29, 1.82) is 0 Å². The van der Waals surface area contributed by atoms with Crippen molar-refractivity contribution in [3.05, 3.63) is 102 Å². The summed E-state index contributed by atoms with van der Waals surface area (Å²) >= 11 is 0. The van der Waals surface area contributed by atoms with Crippen LogP contribution in [0.2, 0.25) is 0 Å². The van der Waals surface area contributed by atoms with Gasteiger partial charge in [-0.15, -0.1) is 0 Å². The van der Waals surface area contributed by atoms with Crippen molar-refractivity contribution in [1.82, 2.24) is 47.9 Å². The molecule has 91 heavy (non-hydrogen) atoms. The Morgan fingerprint density at radius 3 is 1.13 bits per heavy atom. The molecule has 0 saturated carbocycles. The largest absolute Gasteiger partial charge is 0.508 e. The molecule has 26 nitrogen and oxygen atoms in total. The molecular formula is C65H98N12O14. The Hall–Kier alpha value is -8.49. The molecule has 0 aliphatic heterocycles. The fourth-order valence-electron chi connectivity index (χ4n) is 9.84. The maximum Gasteiger partial charge on any atom is 0.326 e. The fraction of sp³-hybridized carbons (Fsp3) is 0.554. The maximum absolute atomic E-state index is 14.9. The molecular weight excluding hydrogens is 1170 g/mol. The molecule has 0 aromatic heterocycles. The normalized spacial score (nSPS) is 14.6. The third kappa shape index (κ3) is 28.1. The molecule has 0 spiro atoms. The number of amides is 9. The van der Waals surface area contributed by atoms with E-state index in [-0.39, 0.29) is 56.1 Å². The van der Waals surface area contributed by atoms with Crippen LogP contribution in [0.25, 0.3) is 0 Å². The van der Waals surface area contributed by atoms with E-state index in [4.69, 9.17) is 17.2 Å². The zero-order valence-electron chi connectivity index (χ0n) is 53.6. The molecule has 0 heterocycles. The van der Waals surface area contributed by atoms with E-state index < -0.39 is 144 Å². The lowest BCUT2D eigenvalue weighted by Crippen LogP contribution is -2.62. The molecule has 0 bridgehead atoms. The fourth-order valence-corrected chi connectivity index (χ4v) is 9.84. The van der Waals surface area contributed by atoms with Crippen LogP contribution in [-0.2, 0) is 72.0 Å². The number of phenols is 1. The predicted molar refractivity (Wildman–Crippen MR) is 342 cm³/mol. The molecule has 3 rings (SSSR count). The van der Waals surface area contributed by atoms with Crippen molar-refractivity contribution in [2.45, 2.75) is 193 Å². The van der Waals surface area contributed by atoms with Crippen LogP contribution in [-0.4, -0.2) is 154 Å². The summed E-state index contributed by atoms with van der Waals surface area (Å²) in [6.07, 6.45) is 1.22. The Morgan fingerprint density at radius 1 is 0.385 bits per heavy atom. The van der Waals surface area contributed by atoms with Gasteiger partial charge in [-0.25, -0.2) is 4.79 Å². The van der Waals surface area contributed by atoms with Gasteiger partial charge in [0.2, 0.25) is 53.2 Å². The minimum absolute atomic E-state index is 0.0156. The lowest BCUT2D eigenvalue weighted by Gasteiger charge is -2.29. The van der Waals surface area contributed by atoms with E-state index in [0.717, 1.165) is 0 Å². The summed E-state index contributed by atoms with van der Waals surface area (Å²) in [5.41, 5.74) is 19.2. The molecule has 0 fully saturated rings. The quantitative estimate of drug-likeness (QED) is 0.0356. The third-order valence-electron chi connectivity index (χ3n) is 14.9. The average Bonchev–Trinajstić information content (AvgIpc) is 1.13. The standard InChI is InChI=1S/C65H98N12O14/c1-37(2)31-47(70-59(84)51(35-43-25-27-44(78)28-26-43)71-57(82)46(24-16-18-30-67)69-56(81)45(68)23-15-17-29-66)58(83)72-49(33-41-19-11-9-12-20-41)60(85)73-50(34-42-21-13-10-14-22-42)61(86)74-52(36-53(79)80)63(88)76-54(39(5)6)64(89)75-48(32-38(3)4)62(87)77-55(40(7)8)65(90)91/h9-14,19-22,25-28,37-40,45-52,54-55,78H,15-18,23-24,29-36,66-68H2,1-8H3,(H,69,81)(H,70,84)(H,71,82)(H,72,83)(H,73,85)(H,74,86)(H,75,89)(H,76,88)(H,77,87)(H,79,80)(H,90,91)/t45-,46-,47-,48-,49-,50-,51-,52-,54-,55-/m0/s1. The van der Waals surface area contributed by atoms with Crippen LogP contribution in [0.1, 0.15) is 130 Å². The molecule has 18 N–H and O–H groups in total. The van der Waals surface area contributed by atoms with Gasteiger partial charge >= 0.3 is 11.9 Å². The number of nitrogens with one attached hydrogen (secondary N) is 9. The van der Waals surface area contributed by atoms with Crippen molar-refractivity contribution in [2.24, 2.45) is 40.9 Å². The van der Waals surface area contributed by atoms with Crippen LogP contribution in [0, 0.1) is 23.7 Å². The number of nitrogens with two attached hydrogens (primary N) is 3. The van der Waals surface area contributed by atoms with Gasteiger partial charge in [-0.2, -0.15) is 0 Å². The summed E-state index contributed by atoms with van der Waals surface area (Å²) in [5, 5.41) is 53.7. The molecule has 3 aromatic rings. The lowest BCUT2D eigenvalue weighted by atomic mass is 9.98. The number of unbranched alkanes of at least 4 members (excludes halogenated alkanes) is 2. The third-order valence-corrected chi connectivity index (χ3v) is 14.9. The van der Waals surface area contributed by atoms with Crippen LogP contribution >= 0.6 is 0 Å². The second-order valence-corrected chi connectivity index (χ2v) is 24.5. The number of hydrogen-bond acceptors (Lipinski definition) is 15. The first-order valence-corrected chi connectivity index (χ1v) is 31.2. The number of carboxylic acid groups (broad SMARTS) is 2. The molecule has 0 aliphatic rings. The van der Waals surface area contributed by atoms with Crippen molar-refractivity contribution in [3.8, 4) is 5.75 Å². The number of carbonyl (C=O) groups is 11. The number of carbonyl (C=O) groups excluding carboxylic acids is 9. The number of aliphatic carboxylic acids is 2. The van der Waals surface area contributed by atoms with Crippen LogP contribution in [0.4, 0.5) is 0 Å². The molecule has 0 saturated heterocycles. The highest BCUT2D eigenvalue weighted by atomic mass is 16.4. The Kier molecular flexibility index (Phi) is 33.4. The number of rotatable bonds is 41. The van der Waals surface area contributed by atoms with Crippen molar-refractivity contribution in [3.63, 3.8) is 0 Å². The second kappa shape index (κ2) is 39.6. The molecule has 0 radical (unpaired) electrons. The second-order valence-electron chi connectivity index (χ2n) is 24.5. The Balaban J connectivity index is 2.02. The van der Waals surface area contributed by atoms with Gasteiger partial charge in [0.05, 0.1) is 12.5 Å². The first-order valence-electron chi connectivity index (χ1n) is 31.2. The SMILES string of the molecule is CC(C)C[C@H](NC(=O)[C@H](Cc1ccc(O)cc1)NC(=O)[C@H](CCCCN)NC(=O)[C@@H](N)CCCCN)C(=O)N[C@@H](Cc1ccccc1)C(=O)N[C@@H](Cc1ccccc1)C(=O)N[C@@H](CC(=O)O)C(=O)N[C@H](C(=O)N[C@@H](CC(C)C)C(=O)N[C@H](C(=O)O)C(C)C)C(C)C. The summed E-state index contributed by atoms with van der Waals surface area (Å²) in [4.78, 5) is 153. The highest BCUT2D eigenvalue weighted by Gasteiger charge is 2.38. The number of carboxylic acids is 2. The zero-order valence-corrected chi connectivity index (χ0v) is 53.6. The molecule has 502 valence electrons. The van der Waals surface area contributed by atoms with Gasteiger partial charge in [0.15, 0.2) is 0 Å². The Morgan fingerprint density at radius 2 is 0.725 bits per heavy atom.